The largest absolute Gasteiger partial charge is 0.493 e. The number of nitrogens with two attached hydrogens (primary N) is 1. The highest BCUT2D eigenvalue weighted by Crippen LogP contribution is 2.35. The number of carboxylic acids is 1. The van der Waals surface area contributed by atoms with Crippen LogP contribution in [0.4, 0.5) is 5.69 Å². The van der Waals surface area contributed by atoms with Crippen LogP contribution in [0.15, 0.2) is 71.9 Å². The van der Waals surface area contributed by atoms with E-state index >= 15 is 0 Å². The van der Waals surface area contributed by atoms with Crippen molar-refractivity contribution in [3.8, 4) is 11.5 Å². The highest BCUT2D eigenvalue weighted by atomic mass is 16.5. The fourth-order valence-corrected chi connectivity index (χ4v) is 3.46. The van der Waals surface area contributed by atoms with Crippen LogP contribution in [0.5, 0.6) is 11.5 Å². The lowest BCUT2D eigenvalue weighted by atomic mass is 10.0. The van der Waals surface area contributed by atoms with Gasteiger partial charge in [-0.25, -0.2) is 4.79 Å². The Morgan fingerprint density at radius 3 is 2.29 bits per heavy atom. The third-order valence-corrected chi connectivity index (χ3v) is 5.24. The minimum atomic E-state index is -1.23. The molecular formula is C25H26N4O6. The third-order valence-electron chi connectivity index (χ3n) is 5.24. The summed E-state index contributed by atoms with van der Waals surface area (Å²) in [5.41, 5.74) is 7.76. The van der Waals surface area contributed by atoms with Gasteiger partial charge < -0.3 is 36.2 Å². The number of methoxy groups -OCH3 is 2. The summed E-state index contributed by atoms with van der Waals surface area (Å²) in [7, 11) is 2.73. The Morgan fingerprint density at radius 1 is 1.03 bits per heavy atom. The van der Waals surface area contributed by atoms with Crippen LogP contribution >= 0.6 is 0 Å². The zero-order valence-corrected chi connectivity index (χ0v) is 19.2. The summed E-state index contributed by atoms with van der Waals surface area (Å²) in [6.07, 6.45) is 0. The number of nitrogens with zero attached hydrogens (tertiary/aromatic N) is 1. The van der Waals surface area contributed by atoms with Gasteiger partial charge in [0.1, 0.15) is 11.6 Å². The molecule has 10 nitrogen and oxygen atoms in total. The Bertz CT molecular complexity index is 1210. The van der Waals surface area contributed by atoms with Crippen LogP contribution < -0.4 is 25.8 Å². The normalized spacial score (nSPS) is 11.9. The second-order valence-electron chi connectivity index (χ2n) is 7.45. The number of aromatic carboxylic acids is 1. The summed E-state index contributed by atoms with van der Waals surface area (Å²) in [4.78, 5) is 25.2. The molecule has 0 spiro atoms. The van der Waals surface area contributed by atoms with Gasteiger partial charge in [-0.1, -0.05) is 35.5 Å². The third kappa shape index (κ3) is 5.99. The number of amidine groups is 1. The van der Waals surface area contributed by atoms with Crippen molar-refractivity contribution < 1.29 is 29.4 Å². The quantitative estimate of drug-likeness (QED) is 0.129. The van der Waals surface area contributed by atoms with E-state index in [2.05, 4.69) is 15.8 Å². The first-order valence-electron chi connectivity index (χ1n) is 10.5. The maximum atomic E-state index is 13.3. The fourth-order valence-electron chi connectivity index (χ4n) is 3.46. The number of nitrogens with one attached hydrogen (secondary N) is 2. The second kappa shape index (κ2) is 11.4. The van der Waals surface area contributed by atoms with Gasteiger partial charge in [-0.05, 0) is 47.5 Å². The first-order valence-corrected chi connectivity index (χ1v) is 10.5. The molecule has 182 valence electrons. The molecule has 3 rings (SSSR count). The number of anilines is 1. The van der Waals surface area contributed by atoms with Crippen molar-refractivity contribution in [2.75, 3.05) is 19.5 Å². The molecule has 0 fully saturated rings. The lowest BCUT2D eigenvalue weighted by Gasteiger charge is -2.22. The molecule has 0 saturated carbocycles. The molecule has 3 aromatic carbocycles. The van der Waals surface area contributed by atoms with Crippen molar-refractivity contribution in [2.24, 2.45) is 10.9 Å². The van der Waals surface area contributed by atoms with Gasteiger partial charge in [0.15, 0.2) is 17.3 Å². The number of hydrogen-bond acceptors (Lipinski definition) is 7. The Hall–Kier alpha value is -4.73. The number of carboxylic acid groups (broad SMARTS) is 1. The van der Waals surface area contributed by atoms with E-state index in [1.807, 2.05) is 30.3 Å². The van der Waals surface area contributed by atoms with Crippen LogP contribution in [0, 0.1) is 0 Å². The topological polar surface area (TPSA) is 155 Å². The van der Waals surface area contributed by atoms with Gasteiger partial charge in [0.05, 0.1) is 14.2 Å². The molecule has 6 N–H and O–H groups in total. The van der Waals surface area contributed by atoms with Crippen LogP contribution in [-0.2, 0) is 11.3 Å². The van der Waals surface area contributed by atoms with Gasteiger partial charge in [-0.2, -0.15) is 0 Å². The monoisotopic (exact) mass is 478 g/mol. The van der Waals surface area contributed by atoms with Crippen LogP contribution in [0.25, 0.3) is 0 Å². The van der Waals surface area contributed by atoms with Gasteiger partial charge in [-0.3, -0.25) is 4.79 Å². The van der Waals surface area contributed by atoms with Crippen molar-refractivity contribution >= 4 is 23.4 Å². The molecule has 0 aliphatic carbocycles. The van der Waals surface area contributed by atoms with Gasteiger partial charge in [0, 0.05) is 17.8 Å². The van der Waals surface area contributed by atoms with Crippen molar-refractivity contribution in [3.63, 3.8) is 0 Å². The first kappa shape index (κ1) is 24.9. The second-order valence-corrected chi connectivity index (χ2v) is 7.45. The Balaban J connectivity index is 1.99. The molecular weight excluding hydrogens is 452 g/mol. The number of rotatable bonds is 10. The van der Waals surface area contributed by atoms with Crippen LogP contribution in [0.1, 0.15) is 33.1 Å². The summed E-state index contributed by atoms with van der Waals surface area (Å²) >= 11 is 0. The molecule has 0 bridgehead atoms. The number of oxime groups is 1. The average molecular weight is 479 g/mol. The minimum Gasteiger partial charge on any atom is -0.493 e. The van der Waals surface area contributed by atoms with E-state index < -0.39 is 17.9 Å². The van der Waals surface area contributed by atoms with Crippen molar-refractivity contribution in [1.29, 1.82) is 0 Å². The minimum absolute atomic E-state index is 0.0512. The first-order chi connectivity index (χ1) is 16.9. The molecule has 3 aromatic rings. The SMILES string of the molecule is COc1cc(C(Nc2ccc(C(N)=NO)cc2)C(=O)NCc2ccccc2)cc(C(=O)O)c1OC. The lowest BCUT2D eigenvalue weighted by Crippen LogP contribution is -2.33. The highest BCUT2D eigenvalue weighted by molar-refractivity contribution is 5.97. The average Bonchev–Trinajstić information content (AvgIpc) is 2.89. The van der Waals surface area contributed by atoms with Gasteiger partial charge in [-0.15, -0.1) is 0 Å². The molecule has 10 heteroatoms. The molecule has 0 radical (unpaired) electrons. The number of amides is 1. The van der Waals surface area contributed by atoms with E-state index in [1.54, 1.807) is 30.3 Å². The molecule has 0 aliphatic rings. The standard InChI is InChI=1S/C25H26N4O6/c1-34-20-13-17(12-19(25(31)32)22(20)35-2)21(24(30)27-14-15-6-4-3-5-7-15)28-18-10-8-16(9-11-18)23(26)29-33/h3-13,21,28,33H,14H2,1-2H3,(H2,26,29)(H,27,30)(H,31,32). The van der Waals surface area contributed by atoms with Crippen molar-refractivity contribution in [3.05, 3.63) is 89.0 Å². The maximum absolute atomic E-state index is 13.3. The van der Waals surface area contributed by atoms with Gasteiger partial charge in [0.2, 0.25) is 5.91 Å². The smallest absolute Gasteiger partial charge is 0.339 e. The van der Waals surface area contributed by atoms with Crippen LogP contribution in [-0.4, -0.2) is 42.2 Å². The van der Waals surface area contributed by atoms with E-state index in [9.17, 15) is 14.7 Å². The van der Waals surface area contributed by atoms with E-state index in [1.165, 1.54) is 20.3 Å². The molecule has 1 atom stereocenters. The number of hydrogen-bond donors (Lipinski definition) is 5. The highest BCUT2D eigenvalue weighted by Gasteiger charge is 2.26. The predicted molar refractivity (Wildman–Crippen MR) is 130 cm³/mol. The molecule has 35 heavy (non-hydrogen) atoms. The molecule has 1 unspecified atom stereocenters. The van der Waals surface area contributed by atoms with Crippen molar-refractivity contribution in [1.82, 2.24) is 5.32 Å². The Kier molecular flexibility index (Phi) is 8.12. The summed E-state index contributed by atoms with van der Waals surface area (Å²) in [6, 6.07) is 17.9. The molecule has 1 amide bonds. The summed E-state index contributed by atoms with van der Waals surface area (Å²) < 4.78 is 10.6. The number of ether oxygens (including phenoxy) is 2. The van der Waals surface area contributed by atoms with Crippen molar-refractivity contribution in [2.45, 2.75) is 12.6 Å². The van der Waals surface area contributed by atoms with E-state index in [0.29, 0.717) is 16.8 Å². The fraction of sp³-hybridized carbons (Fsp3) is 0.160. The zero-order valence-electron chi connectivity index (χ0n) is 19.2. The lowest BCUT2D eigenvalue weighted by molar-refractivity contribution is -0.122. The summed E-state index contributed by atoms with van der Waals surface area (Å²) in [5.74, 6) is -1.45. The maximum Gasteiger partial charge on any atom is 0.339 e. The number of carbonyl (C=O) groups excluding carboxylic acids is 1. The summed E-state index contributed by atoms with van der Waals surface area (Å²) in [6.45, 7) is 0.277. The molecule has 0 saturated heterocycles. The Morgan fingerprint density at radius 2 is 1.71 bits per heavy atom. The van der Waals surface area contributed by atoms with E-state index in [-0.39, 0.29) is 29.4 Å². The van der Waals surface area contributed by atoms with Crippen LogP contribution in [0.3, 0.4) is 0 Å². The number of benzene rings is 3. The van der Waals surface area contributed by atoms with Gasteiger partial charge >= 0.3 is 5.97 Å². The predicted octanol–water partition coefficient (Wildman–Crippen LogP) is 2.97. The number of carbonyl (C=O) groups is 2. The molecule has 0 aliphatic heterocycles. The van der Waals surface area contributed by atoms with Gasteiger partial charge in [0.25, 0.3) is 0 Å². The van der Waals surface area contributed by atoms with Crippen LogP contribution in [0.2, 0.25) is 0 Å². The van der Waals surface area contributed by atoms with E-state index in [0.717, 1.165) is 5.56 Å². The summed E-state index contributed by atoms with van der Waals surface area (Å²) in [5, 5.41) is 27.5. The van der Waals surface area contributed by atoms with E-state index in [4.69, 9.17) is 20.4 Å². The Labute approximate surface area is 202 Å². The zero-order chi connectivity index (χ0) is 25.4. The molecule has 0 heterocycles. The molecule has 0 aromatic heterocycles.